The molecule has 0 radical (unpaired) electrons. The van der Waals surface area contributed by atoms with Crippen molar-refractivity contribution in [3.8, 4) is 0 Å². The standard InChI is InChI=1S/C16H22N2O2/c1-3-4-5-8-17-15(19)10-12-6-7-14-13(9-12)11-16(20)18(14)2/h6-7,9H,3-5,8,10-11H2,1-2H3,(H,17,19). The molecule has 1 heterocycles. The number of hydrogen-bond acceptors (Lipinski definition) is 2. The Hall–Kier alpha value is -1.84. The van der Waals surface area contributed by atoms with Gasteiger partial charge in [0.15, 0.2) is 0 Å². The van der Waals surface area contributed by atoms with Crippen LogP contribution in [0.4, 0.5) is 5.69 Å². The number of unbranched alkanes of at least 4 members (excludes halogenated alkanes) is 2. The smallest absolute Gasteiger partial charge is 0.231 e. The second-order valence-corrected chi connectivity index (χ2v) is 5.33. The van der Waals surface area contributed by atoms with Gasteiger partial charge in [0.2, 0.25) is 11.8 Å². The van der Waals surface area contributed by atoms with Crippen molar-refractivity contribution in [2.24, 2.45) is 0 Å². The summed E-state index contributed by atoms with van der Waals surface area (Å²) in [4.78, 5) is 25.1. The molecule has 1 aromatic rings. The third kappa shape index (κ3) is 3.38. The largest absolute Gasteiger partial charge is 0.356 e. The zero-order valence-electron chi connectivity index (χ0n) is 12.2. The van der Waals surface area contributed by atoms with Gasteiger partial charge in [-0.2, -0.15) is 0 Å². The molecule has 0 unspecified atom stereocenters. The molecule has 108 valence electrons. The fourth-order valence-corrected chi connectivity index (χ4v) is 2.48. The minimum absolute atomic E-state index is 0.0544. The fourth-order valence-electron chi connectivity index (χ4n) is 2.48. The summed E-state index contributed by atoms with van der Waals surface area (Å²) < 4.78 is 0. The molecule has 0 aromatic heterocycles. The van der Waals surface area contributed by atoms with Gasteiger partial charge in [0.1, 0.15) is 0 Å². The van der Waals surface area contributed by atoms with Crippen molar-refractivity contribution in [1.82, 2.24) is 5.32 Å². The number of anilines is 1. The van der Waals surface area contributed by atoms with E-state index in [1.165, 1.54) is 0 Å². The molecular weight excluding hydrogens is 252 g/mol. The summed E-state index contributed by atoms with van der Waals surface area (Å²) in [5.74, 6) is 0.167. The van der Waals surface area contributed by atoms with E-state index in [9.17, 15) is 9.59 Å². The maximum atomic E-state index is 11.8. The number of hydrogen-bond donors (Lipinski definition) is 1. The highest BCUT2D eigenvalue weighted by Crippen LogP contribution is 2.28. The topological polar surface area (TPSA) is 49.4 Å². The van der Waals surface area contributed by atoms with Crippen LogP contribution in [0.25, 0.3) is 0 Å². The second-order valence-electron chi connectivity index (χ2n) is 5.33. The molecule has 4 nitrogen and oxygen atoms in total. The van der Waals surface area contributed by atoms with Gasteiger partial charge in [-0.3, -0.25) is 9.59 Å². The van der Waals surface area contributed by atoms with Gasteiger partial charge in [-0.25, -0.2) is 0 Å². The Morgan fingerprint density at radius 2 is 2.15 bits per heavy atom. The van der Waals surface area contributed by atoms with Gasteiger partial charge < -0.3 is 10.2 Å². The molecule has 1 aromatic carbocycles. The van der Waals surface area contributed by atoms with Gasteiger partial charge in [0, 0.05) is 19.3 Å². The molecule has 4 heteroatoms. The lowest BCUT2D eigenvalue weighted by Crippen LogP contribution is -2.26. The monoisotopic (exact) mass is 274 g/mol. The van der Waals surface area contributed by atoms with Gasteiger partial charge in [0.25, 0.3) is 0 Å². The van der Waals surface area contributed by atoms with E-state index in [1.807, 2.05) is 18.2 Å². The van der Waals surface area contributed by atoms with E-state index in [1.54, 1.807) is 11.9 Å². The first-order valence-corrected chi connectivity index (χ1v) is 7.27. The molecule has 0 atom stereocenters. The number of carbonyl (C=O) groups excluding carboxylic acids is 2. The Bertz CT molecular complexity index is 511. The van der Waals surface area contributed by atoms with Crippen LogP contribution >= 0.6 is 0 Å². The van der Waals surface area contributed by atoms with Crippen LogP contribution in [-0.2, 0) is 22.4 Å². The van der Waals surface area contributed by atoms with Gasteiger partial charge in [0.05, 0.1) is 12.8 Å². The zero-order chi connectivity index (χ0) is 14.5. The summed E-state index contributed by atoms with van der Waals surface area (Å²) in [6.07, 6.45) is 4.16. The highest BCUT2D eigenvalue weighted by atomic mass is 16.2. The third-order valence-electron chi connectivity index (χ3n) is 3.69. The van der Waals surface area contributed by atoms with Crippen molar-refractivity contribution in [2.45, 2.75) is 39.0 Å². The van der Waals surface area contributed by atoms with Gasteiger partial charge in [-0.1, -0.05) is 31.9 Å². The molecule has 2 rings (SSSR count). The zero-order valence-corrected chi connectivity index (χ0v) is 12.2. The van der Waals surface area contributed by atoms with E-state index in [0.29, 0.717) is 12.8 Å². The number of carbonyl (C=O) groups is 2. The number of nitrogens with one attached hydrogen (secondary N) is 1. The van der Waals surface area contributed by atoms with Crippen molar-refractivity contribution >= 4 is 17.5 Å². The van der Waals surface area contributed by atoms with E-state index in [0.717, 1.165) is 42.6 Å². The normalized spacial score (nSPS) is 13.5. The number of benzene rings is 1. The van der Waals surface area contributed by atoms with Crippen molar-refractivity contribution in [3.63, 3.8) is 0 Å². The summed E-state index contributed by atoms with van der Waals surface area (Å²) in [5.41, 5.74) is 2.95. The van der Waals surface area contributed by atoms with E-state index in [-0.39, 0.29) is 11.8 Å². The number of nitrogens with zero attached hydrogens (tertiary/aromatic N) is 1. The van der Waals surface area contributed by atoms with Crippen molar-refractivity contribution in [2.75, 3.05) is 18.5 Å². The average Bonchev–Trinajstić information content (AvgIpc) is 2.70. The lowest BCUT2D eigenvalue weighted by molar-refractivity contribution is -0.120. The van der Waals surface area contributed by atoms with Gasteiger partial charge in [-0.15, -0.1) is 0 Å². The second kappa shape index (κ2) is 6.55. The Balaban J connectivity index is 1.90. The van der Waals surface area contributed by atoms with Crippen LogP contribution in [0.1, 0.15) is 37.3 Å². The average molecular weight is 274 g/mol. The van der Waals surface area contributed by atoms with E-state index in [2.05, 4.69) is 12.2 Å². The maximum absolute atomic E-state index is 11.8. The third-order valence-corrected chi connectivity index (χ3v) is 3.69. The highest BCUT2D eigenvalue weighted by Gasteiger charge is 2.23. The quantitative estimate of drug-likeness (QED) is 0.807. The number of rotatable bonds is 6. The van der Waals surface area contributed by atoms with Crippen LogP contribution in [0.5, 0.6) is 0 Å². The molecule has 0 spiro atoms. The summed E-state index contributed by atoms with van der Waals surface area (Å²) in [7, 11) is 1.79. The maximum Gasteiger partial charge on any atom is 0.231 e. The van der Waals surface area contributed by atoms with Crippen LogP contribution in [0, 0.1) is 0 Å². The Kier molecular flexibility index (Phi) is 4.77. The van der Waals surface area contributed by atoms with E-state index in [4.69, 9.17) is 0 Å². The summed E-state index contributed by atoms with van der Waals surface area (Å²) in [6, 6.07) is 5.84. The van der Waals surface area contributed by atoms with Crippen LogP contribution in [0.3, 0.4) is 0 Å². The molecule has 1 aliphatic rings. The van der Waals surface area contributed by atoms with Crippen molar-refractivity contribution in [3.05, 3.63) is 29.3 Å². The first-order valence-electron chi connectivity index (χ1n) is 7.27. The molecule has 0 fully saturated rings. The Morgan fingerprint density at radius 1 is 1.35 bits per heavy atom. The molecule has 2 amide bonds. The lowest BCUT2D eigenvalue weighted by atomic mass is 10.1. The SMILES string of the molecule is CCCCCNC(=O)Cc1ccc2c(c1)CC(=O)N2C. The lowest BCUT2D eigenvalue weighted by Gasteiger charge is -2.10. The predicted molar refractivity (Wildman–Crippen MR) is 79.8 cm³/mol. The molecule has 0 aliphatic carbocycles. The van der Waals surface area contributed by atoms with E-state index >= 15 is 0 Å². The number of amides is 2. The van der Waals surface area contributed by atoms with Crippen molar-refractivity contribution < 1.29 is 9.59 Å². The van der Waals surface area contributed by atoms with Crippen LogP contribution in [0.15, 0.2) is 18.2 Å². The summed E-state index contributed by atoms with van der Waals surface area (Å²) >= 11 is 0. The van der Waals surface area contributed by atoms with Crippen LogP contribution in [-0.4, -0.2) is 25.4 Å². The predicted octanol–water partition coefficient (Wildman–Crippen LogP) is 2.05. The van der Waals surface area contributed by atoms with E-state index < -0.39 is 0 Å². The highest BCUT2D eigenvalue weighted by molar-refractivity contribution is 6.01. The molecule has 1 aliphatic heterocycles. The summed E-state index contributed by atoms with van der Waals surface area (Å²) in [5, 5.41) is 2.93. The molecule has 0 bridgehead atoms. The van der Waals surface area contributed by atoms with Crippen molar-refractivity contribution in [1.29, 1.82) is 0 Å². The molecule has 20 heavy (non-hydrogen) atoms. The molecule has 0 saturated carbocycles. The minimum atomic E-state index is 0.0544. The summed E-state index contributed by atoms with van der Waals surface area (Å²) in [6.45, 7) is 2.89. The first kappa shape index (κ1) is 14.6. The minimum Gasteiger partial charge on any atom is -0.356 e. The first-order chi connectivity index (χ1) is 9.61. The Morgan fingerprint density at radius 3 is 2.90 bits per heavy atom. The Labute approximate surface area is 120 Å². The van der Waals surface area contributed by atoms with Gasteiger partial charge in [-0.05, 0) is 23.6 Å². The molecule has 0 saturated heterocycles. The number of likely N-dealkylation sites (N-methyl/N-ethyl adjacent to an activating group) is 1. The molecule has 1 N–H and O–H groups in total. The fraction of sp³-hybridized carbons (Fsp3) is 0.500. The van der Waals surface area contributed by atoms with Crippen LogP contribution < -0.4 is 10.2 Å². The number of fused-ring (bicyclic) bond motifs is 1. The van der Waals surface area contributed by atoms with Crippen LogP contribution in [0.2, 0.25) is 0 Å². The van der Waals surface area contributed by atoms with Gasteiger partial charge >= 0.3 is 0 Å². The molecular formula is C16H22N2O2.